The van der Waals surface area contributed by atoms with Gasteiger partial charge in [0, 0.05) is 13.6 Å². The van der Waals surface area contributed by atoms with E-state index >= 15 is 0 Å². The fourth-order valence-electron chi connectivity index (χ4n) is 2.20. The molecule has 0 unspecified atom stereocenters. The van der Waals surface area contributed by atoms with E-state index in [0.717, 1.165) is 32.2 Å². The fourth-order valence-corrected chi connectivity index (χ4v) is 2.36. The molecule has 0 amide bonds. The van der Waals surface area contributed by atoms with Crippen LogP contribution in [0.5, 0.6) is 0 Å². The molecule has 1 fully saturated rings. The topological polar surface area (TPSA) is 70.1 Å². The summed E-state index contributed by atoms with van der Waals surface area (Å²) in [4.78, 5) is 8.31. The zero-order valence-electron chi connectivity index (χ0n) is 10.5. The van der Waals surface area contributed by atoms with Crippen molar-refractivity contribution in [2.24, 2.45) is 5.92 Å². The quantitative estimate of drug-likeness (QED) is 0.782. The van der Waals surface area contributed by atoms with Gasteiger partial charge in [0.1, 0.15) is 10.8 Å². The summed E-state index contributed by atoms with van der Waals surface area (Å²) >= 11 is 6.04. The summed E-state index contributed by atoms with van der Waals surface area (Å²) in [6.07, 6.45) is 5.37. The molecule has 1 aliphatic rings. The molecule has 1 aromatic rings. The molecule has 100 valence electrons. The third-order valence-corrected chi connectivity index (χ3v) is 3.62. The lowest BCUT2D eigenvalue weighted by Gasteiger charge is -2.25. The average molecular weight is 271 g/mol. The van der Waals surface area contributed by atoms with Crippen LogP contribution in [0, 0.1) is 5.92 Å². The second-order valence-corrected chi connectivity index (χ2v) is 5.10. The highest BCUT2D eigenvalue weighted by Gasteiger charge is 2.19. The number of rotatable bonds is 4. The summed E-state index contributed by atoms with van der Waals surface area (Å²) in [5, 5.41) is 16.1. The Morgan fingerprint density at radius 1 is 1.39 bits per heavy atom. The Morgan fingerprint density at radius 2 is 2.11 bits per heavy atom. The summed E-state index contributed by atoms with van der Waals surface area (Å²) in [5.74, 6) is 1.81. The van der Waals surface area contributed by atoms with Crippen LogP contribution in [0.4, 0.5) is 11.8 Å². The van der Waals surface area contributed by atoms with E-state index in [1.807, 2.05) is 0 Å². The minimum absolute atomic E-state index is 0.111. The van der Waals surface area contributed by atoms with Crippen LogP contribution in [0.15, 0.2) is 6.20 Å². The van der Waals surface area contributed by atoms with Gasteiger partial charge in [-0.15, -0.1) is 0 Å². The van der Waals surface area contributed by atoms with Crippen molar-refractivity contribution in [1.82, 2.24) is 9.97 Å². The first-order valence-corrected chi connectivity index (χ1v) is 6.69. The van der Waals surface area contributed by atoms with Crippen LogP contribution in [0.3, 0.4) is 0 Å². The van der Waals surface area contributed by atoms with Crippen LogP contribution in [-0.4, -0.2) is 34.8 Å². The Bertz CT molecular complexity index is 394. The predicted octanol–water partition coefficient (Wildman–Crippen LogP) is 2.13. The van der Waals surface area contributed by atoms with Crippen molar-refractivity contribution in [2.75, 3.05) is 24.2 Å². The summed E-state index contributed by atoms with van der Waals surface area (Å²) in [5.41, 5.74) is 0. The number of aliphatic hydroxyl groups is 1. The van der Waals surface area contributed by atoms with E-state index in [1.165, 1.54) is 0 Å². The average Bonchev–Trinajstić information content (AvgIpc) is 2.40. The zero-order chi connectivity index (χ0) is 13.0. The Hall–Kier alpha value is -1.07. The molecule has 5 nitrogen and oxygen atoms in total. The number of halogens is 1. The van der Waals surface area contributed by atoms with Crippen molar-refractivity contribution in [3.05, 3.63) is 11.2 Å². The minimum Gasteiger partial charge on any atom is -0.393 e. The number of nitrogens with one attached hydrogen (secondary N) is 2. The lowest BCUT2D eigenvalue weighted by molar-refractivity contribution is 0.111. The number of aromatic nitrogens is 2. The monoisotopic (exact) mass is 270 g/mol. The molecule has 3 N–H and O–H groups in total. The van der Waals surface area contributed by atoms with E-state index in [9.17, 15) is 5.11 Å². The van der Waals surface area contributed by atoms with Gasteiger partial charge in [0.05, 0.1) is 12.3 Å². The van der Waals surface area contributed by atoms with Gasteiger partial charge in [0.2, 0.25) is 5.95 Å². The van der Waals surface area contributed by atoms with Gasteiger partial charge in [-0.1, -0.05) is 11.6 Å². The molecular formula is C12H19ClN4O. The molecule has 1 saturated carbocycles. The maximum Gasteiger partial charge on any atom is 0.224 e. The molecule has 0 bridgehead atoms. The van der Waals surface area contributed by atoms with Crippen molar-refractivity contribution >= 4 is 23.4 Å². The lowest BCUT2D eigenvalue weighted by Crippen LogP contribution is -2.24. The maximum atomic E-state index is 9.45. The second kappa shape index (κ2) is 6.20. The first-order chi connectivity index (χ1) is 8.69. The first-order valence-electron chi connectivity index (χ1n) is 6.31. The lowest BCUT2D eigenvalue weighted by atomic mass is 9.87. The Balaban J connectivity index is 1.89. The molecule has 0 aromatic carbocycles. The van der Waals surface area contributed by atoms with Gasteiger partial charge in [-0.2, -0.15) is 4.98 Å². The van der Waals surface area contributed by atoms with Gasteiger partial charge in [0.15, 0.2) is 0 Å². The highest BCUT2D eigenvalue weighted by molar-refractivity contribution is 6.32. The van der Waals surface area contributed by atoms with Crippen molar-refractivity contribution in [2.45, 2.75) is 31.8 Å². The Morgan fingerprint density at radius 3 is 2.78 bits per heavy atom. The molecule has 1 heterocycles. The smallest absolute Gasteiger partial charge is 0.224 e. The number of nitrogens with zero attached hydrogens (tertiary/aromatic N) is 2. The van der Waals surface area contributed by atoms with Gasteiger partial charge in [-0.25, -0.2) is 4.98 Å². The Labute approximate surface area is 112 Å². The standard InChI is InChI=1S/C12H19ClN4O/c1-14-12-16-7-10(13)11(17-12)15-6-8-2-4-9(18)5-3-8/h7-9,18H,2-6H2,1H3,(H2,14,15,16,17). The molecule has 1 aromatic heterocycles. The maximum absolute atomic E-state index is 9.45. The predicted molar refractivity (Wildman–Crippen MR) is 73.0 cm³/mol. The Kier molecular flexibility index (Phi) is 4.60. The summed E-state index contributed by atoms with van der Waals surface area (Å²) < 4.78 is 0. The van der Waals surface area contributed by atoms with Crippen molar-refractivity contribution in [3.63, 3.8) is 0 Å². The molecule has 6 heteroatoms. The number of aliphatic hydroxyl groups excluding tert-OH is 1. The van der Waals surface area contributed by atoms with Crippen LogP contribution >= 0.6 is 11.6 Å². The van der Waals surface area contributed by atoms with Gasteiger partial charge < -0.3 is 15.7 Å². The summed E-state index contributed by atoms with van der Waals surface area (Å²) in [6, 6.07) is 0. The van der Waals surface area contributed by atoms with Gasteiger partial charge in [-0.05, 0) is 31.6 Å². The molecule has 18 heavy (non-hydrogen) atoms. The number of hydrogen-bond donors (Lipinski definition) is 3. The molecule has 1 aliphatic carbocycles. The van der Waals surface area contributed by atoms with Crippen LogP contribution in [0.2, 0.25) is 5.02 Å². The van der Waals surface area contributed by atoms with E-state index in [0.29, 0.717) is 22.7 Å². The van der Waals surface area contributed by atoms with E-state index in [-0.39, 0.29) is 6.10 Å². The van der Waals surface area contributed by atoms with Crippen molar-refractivity contribution in [1.29, 1.82) is 0 Å². The third-order valence-electron chi connectivity index (χ3n) is 3.34. The molecule has 2 rings (SSSR count). The van der Waals surface area contributed by atoms with E-state index in [2.05, 4.69) is 20.6 Å². The van der Waals surface area contributed by atoms with Crippen LogP contribution < -0.4 is 10.6 Å². The SMILES string of the molecule is CNc1ncc(Cl)c(NCC2CCC(O)CC2)n1. The van der Waals surface area contributed by atoms with Crippen LogP contribution in [-0.2, 0) is 0 Å². The third kappa shape index (κ3) is 3.46. The van der Waals surface area contributed by atoms with E-state index in [4.69, 9.17) is 11.6 Å². The zero-order valence-corrected chi connectivity index (χ0v) is 11.2. The number of anilines is 2. The fraction of sp³-hybridized carbons (Fsp3) is 0.667. The molecule has 0 spiro atoms. The molecule has 0 radical (unpaired) electrons. The van der Waals surface area contributed by atoms with Crippen molar-refractivity contribution < 1.29 is 5.11 Å². The van der Waals surface area contributed by atoms with Gasteiger partial charge in [0.25, 0.3) is 0 Å². The second-order valence-electron chi connectivity index (χ2n) is 4.70. The van der Waals surface area contributed by atoms with E-state index < -0.39 is 0 Å². The summed E-state index contributed by atoms with van der Waals surface area (Å²) in [7, 11) is 1.77. The minimum atomic E-state index is -0.111. The first kappa shape index (κ1) is 13.4. The molecule has 0 atom stereocenters. The largest absolute Gasteiger partial charge is 0.393 e. The summed E-state index contributed by atoms with van der Waals surface area (Å²) in [6.45, 7) is 0.840. The van der Waals surface area contributed by atoms with Crippen LogP contribution in [0.25, 0.3) is 0 Å². The highest BCUT2D eigenvalue weighted by atomic mass is 35.5. The number of hydrogen-bond acceptors (Lipinski definition) is 5. The normalized spacial score (nSPS) is 23.7. The van der Waals surface area contributed by atoms with Gasteiger partial charge >= 0.3 is 0 Å². The van der Waals surface area contributed by atoms with E-state index in [1.54, 1.807) is 13.2 Å². The molecular weight excluding hydrogens is 252 g/mol. The molecule has 0 saturated heterocycles. The van der Waals surface area contributed by atoms with Crippen LogP contribution in [0.1, 0.15) is 25.7 Å². The van der Waals surface area contributed by atoms with Gasteiger partial charge in [-0.3, -0.25) is 0 Å². The van der Waals surface area contributed by atoms with Crippen molar-refractivity contribution in [3.8, 4) is 0 Å². The molecule has 0 aliphatic heterocycles. The highest BCUT2D eigenvalue weighted by Crippen LogP contribution is 2.25.